The van der Waals surface area contributed by atoms with E-state index in [2.05, 4.69) is 10.2 Å². The normalized spacial score (nSPS) is 13.7. The second-order valence-corrected chi connectivity index (χ2v) is 5.65. The first-order valence-corrected chi connectivity index (χ1v) is 6.20. The summed E-state index contributed by atoms with van der Waals surface area (Å²) in [6.45, 7) is 7.46. The highest BCUT2D eigenvalue weighted by molar-refractivity contribution is 7.99. The van der Waals surface area contributed by atoms with Gasteiger partial charge in [-0.1, -0.05) is 11.8 Å². The molecule has 96 valence electrons. The van der Waals surface area contributed by atoms with E-state index in [0.29, 0.717) is 11.0 Å². The molecule has 0 bridgehead atoms. The van der Waals surface area contributed by atoms with Crippen molar-refractivity contribution < 1.29 is 15.0 Å². The third-order valence-electron chi connectivity index (χ3n) is 2.03. The fraction of sp³-hybridized carbons (Fsp3) is 0.700. The first-order chi connectivity index (χ1) is 7.73. The Kier molecular flexibility index (Phi) is 4.16. The molecule has 1 aromatic rings. The molecule has 1 heterocycles. The van der Waals surface area contributed by atoms with Crippen LogP contribution in [-0.4, -0.2) is 36.7 Å². The van der Waals surface area contributed by atoms with Crippen molar-refractivity contribution in [2.45, 2.75) is 44.5 Å². The smallest absolute Gasteiger partial charge is 0.313 e. The fourth-order valence-corrected chi connectivity index (χ4v) is 2.25. The summed E-state index contributed by atoms with van der Waals surface area (Å²) in [4.78, 5) is 10.5. The lowest BCUT2D eigenvalue weighted by molar-refractivity contribution is -0.133. The van der Waals surface area contributed by atoms with E-state index in [1.165, 1.54) is 0 Å². The maximum Gasteiger partial charge on any atom is 0.313 e. The molecule has 17 heavy (non-hydrogen) atoms. The lowest BCUT2D eigenvalue weighted by Crippen LogP contribution is -2.26. The lowest BCUT2D eigenvalue weighted by Gasteiger charge is -2.25. The van der Waals surface area contributed by atoms with Crippen LogP contribution in [0.3, 0.4) is 0 Å². The summed E-state index contributed by atoms with van der Waals surface area (Å²) in [6, 6.07) is 0. The predicted molar refractivity (Wildman–Crippen MR) is 64.0 cm³/mol. The van der Waals surface area contributed by atoms with Gasteiger partial charge in [-0.2, -0.15) is 0 Å². The minimum Gasteiger partial charge on any atom is -0.481 e. The van der Waals surface area contributed by atoms with Gasteiger partial charge in [-0.05, 0) is 27.7 Å². The van der Waals surface area contributed by atoms with Crippen LogP contribution >= 0.6 is 11.8 Å². The Morgan fingerprint density at radius 3 is 2.47 bits per heavy atom. The summed E-state index contributed by atoms with van der Waals surface area (Å²) in [7, 11) is 0. The number of hydrogen-bond acceptors (Lipinski definition) is 5. The van der Waals surface area contributed by atoms with Crippen LogP contribution in [0.25, 0.3) is 0 Å². The molecule has 1 aromatic heterocycles. The molecule has 0 aliphatic carbocycles. The van der Waals surface area contributed by atoms with E-state index >= 15 is 0 Å². The van der Waals surface area contributed by atoms with E-state index in [9.17, 15) is 9.90 Å². The molecule has 7 heteroatoms. The second kappa shape index (κ2) is 5.05. The molecule has 1 rings (SSSR count). The van der Waals surface area contributed by atoms with Crippen molar-refractivity contribution in [2.75, 3.05) is 5.75 Å². The Hall–Kier alpha value is -1.08. The highest BCUT2D eigenvalue weighted by Crippen LogP contribution is 2.27. The zero-order valence-electron chi connectivity index (χ0n) is 10.3. The minimum atomic E-state index is -0.906. The van der Waals surface area contributed by atoms with Crippen molar-refractivity contribution in [3.05, 3.63) is 5.82 Å². The number of hydrogen-bond donors (Lipinski definition) is 2. The Balaban J connectivity index is 3.10. The minimum absolute atomic E-state index is 0.0754. The van der Waals surface area contributed by atoms with Crippen molar-refractivity contribution in [1.82, 2.24) is 14.8 Å². The van der Waals surface area contributed by atoms with E-state index in [-0.39, 0.29) is 11.3 Å². The van der Waals surface area contributed by atoms with Crippen LogP contribution in [0.5, 0.6) is 0 Å². The number of rotatable bonds is 4. The topological polar surface area (TPSA) is 88.2 Å². The van der Waals surface area contributed by atoms with E-state index in [0.717, 1.165) is 11.8 Å². The molecule has 0 aliphatic rings. The Morgan fingerprint density at radius 1 is 1.47 bits per heavy atom. The summed E-state index contributed by atoms with van der Waals surface area (Å²) in [5.41, 5.74) is -0.309. The summed E-state index contributed by atoms with van der Waals surface area (Å²) < 4.78 is 1.77. The Bertz CT molecular complexity index is 409. The van der Waals surface area contributed by atoms with E-state index in [1.807, 2.05) is 20.8 Å². The SMILES string of the molecule is CC(O)c1nnc(SCC(=O)O)n1C(C)(C)C. The first kappa shape index (κ1) is 14.0. The van der Waals surface area contributed by atoms with Gasteiger partial charge in [-0.3, -0.25) is 9.36 Å². The molecule has 0 amide bonds. The molecular weight excluding hydrogens is 242 g/mol. The van der Waals surface area contributed by atoms with Crippen LogP contribution in [0, 0.1) is 0 Å². The number of aliphatic hydroxyl groups is 1. The number of carbonyl (C=O) groups is 1. The van der Waals surface area contributed by atoms with E-state index < -0.39 is 12.1 Å². The fourth-order valence-electron chi connectivity index (χ4n) is 1.40. The van der Waals surface area contributed by atoms with Gasteiger partial charge in [0.2, 0.25) is 0 Å². The standard InChI is InChI=1S/C10H17N3O3S/c1-6(14)8-11-12-9(17-5-7(15)16)13(8)10(2,3)4/h6,14H,5H2,1-4H3,(H,15,16). The van der Waals surface area contributed by atoms with Gasteiger partial charge in [-0.15, -0.1) is 10.2 Å². The predicted octanol–water partition coefficient (Wildman–Crippen LogP) is 1.26. The van der Waals surface area contributed by atoms with E-state index in [1.54, 1.807) is 11.5 Å². The van der Waals surface area contributed by atoms with Crippen molar-refractivity contribution in [1.29, 1.82) is 0 Å². The quantitative estimate of drug-likeness (QED) is 0.791. The average molecular weight is 259 g/mol. The van der Waals surface area contributed by atoms with Gasteiger partial charge >= 0.3 is 5.97 Å². The summed E-state index contributed by atoms with van der Waals surface area (Å²) >= 11 is 1.10. The molecule has 0 aliphatic heterocycles. The molecule has 0 spiro atoms. The van der Waals surface area contributed by atoms with Gasteiger partial charge in [0.25, 0.3) is 0 Å². The first-order valence-electron chi connectivity index (χ1n) is 5.22. The maximum absolute atomic E-state index is 10.5. The van der Waals surface area contributed by atoms with Gasteiger partial charge in [0, 0.05) is 5.54 Å². The van der Waals surface area contributed by atoms with Gasteiger partial charge in [0.05, 0.1) is 5.75 Å². The number of aliphatic carboxylic acids is 1. The number of nitrogens with zero attached hydrogens (tertiary/aromatic N) is 3. The second-order valence-electron chi connectivity index (χ2n) is 4.71. The number of thioether (sulfide) groups is 1. The zero-order chi connectivity index (χ0) is 13.2. The highest BCUT2D eigenvalue weighted by Gasteiger charge is 2.25. The molecule has 1 atom stereocenters. The van der Waals surface area contributed by atoms with Crippen LogP contribution in [0.4, 0.5) is 0 Å². The van der Waals surface area contributed by atoms with Crippen LogP contribution in [-0.2, 0) is 10.3 Å². The van der Waals surface area contributed by atoms with Crippen LogP contribution in [0.15, 0.2) is 5.16 Å². The summed E-state index contributed by atoms with van der Waals surface area (Å²) in [5.74, 6) is -0.531. The number of aliphatic hydroxyl groups excluding tert-OH is 1. The highest BCUT2D eigenvalue weighted by atomic mass is 32.2. The van der Waals surface area contributed by atoms with Crippen molar-refractivity contribution in [3.8, 4) is 0 Å². The van der Waals surface area contributed by atoms with Crippen LogP contribution in [0.1, 0.15) is 39.6 Å². The molecule has 0 fully saturated rings. The Labute approximate surface area is 104 Å². The lowest BCUT2D eigenvalue weighted by atomic mass is 10.1. The number of carboxylic acids is 1. The van der Waals surface area contributed by atoms with Crippen molar-refractivity contribution in [3.63, 3.8) is 0 Å². The number of aromatic nitrogens is 3. The Morgan fingerprint density at radius 2 is 2.06 bits per heavy atom. The molecule has 2 N–H and O–H groups in total. The van der Waals surface area contributed by atoms with Crippen molar-refractivity contribution >= 4 is 17.7 Å². The monoisotopic (exact) mass is 259 g/mol. The number of carboxylic acid groups (broad SMARTS) is 1. The summed E-state index contributed by atoms with van der Waals surface area (Å²) in [5, 5.41) is 26.6. The molecule has 6 nitrogen and oxygen atoms in total. The van der Waals surface area contributed by atoms with Crippen molar-refractivity contribution in [2.24, 2.45) is 0 Å². The van der Waals surface area contributed by atoms with Crippen LogP contribution in [0.2, 0.25) is 0 Å². The van der Waals surface area contributed by atoms with Gasteiger partial charge in [0.15, 0.2) is 11.0 Å². The third-order valence-corrected chi connectivity index (χ3v) is 2.94. The van der Waals surface area contributed by atoms with Gasteiger partial charge in [-0.25, -0.2) is 0 Å². The largest absolute Gasteiger partial charge is 0.481 e. The average Bonchev–Trinajstić information content (AvgIpc) is 2.57. The molecule has 0 saturated carbocycles. The zero-order valence-corrected chi connectivity index (χ0v) is 11.2. The molecular formula is C10H17N3O3S. The molecule has 0 aromatic carbocycles. The van der Waals surface area contributed by atoms with E-state index in [4.69, 9.17) is 5.11 Å². The third kappa shape index (κ3) is 3.44. The molecule has 0 radical (unpaired) electrons. The van der Waals surface area contributed by atoms with Crippen LogP contribution < -0.4 is 0 Å². The summed E-state index contributed by atoms with van der Waals surface area (Å²) in [6.07, 6.45) is -0.735. The molecule has 1 unspecified atom stereocenters. The van der Waals surface area contributed by atoms with Gasteiger partial charge < -0.3 is 10.2 Å². The molecule has 0 saturated heterocycles. The van der Waals surface area contributed by atoms with Gasteiger partial charge in [0.1, 0.15) is 6.10 Å². The maximum atomic E-state index is 10.5.